The molecule has 0 bridgehead atoms. The third-order valence-electron chi connectivity index (χ3n) is 5.25. The minimum Gasteiger partial charge on any atom is -0.387 e. The number of amides is 1. The molecule has 1 N–H and O–H groups in total. The molecule has 3 aromatic rings. The minimum absolute atomic E-state index is 0.116. The highest BCUT2D eigenvalue weighted by Gasteiger charge is 2.30. The Morgan fingerprint density at radius 2 is 1.92 bits per heavy atom. The molecule has 0 spiro atoms. The lowest BCUT2D eigenvalue weighted by atomic mass is 9.89. The van der Waals surface area contributed by atoms with Crippen LogP contribution in [0.4, 0.5) is 0 Å². The molecule has 1 aliphatic heterocycles. The number of fused-ring (bicyclic) bond motifs is 1. The number of aliphatic hydroxyl groups is 1. The first kappa shape index (κ1) is 17.2. The van der Waals surface area contributed by atoms with Gasteiger partial charge in [-0.1, -0.05) is 24.3 Å². The van der Waals surface area contributed by atoms with Crippen LogP contribution >= 0.6 is 11.3 Å². The fourth-order valence-electron chi connectivity index (χ4n) is 3.80. The smallest absolute Gasteiger partial charge is 0.255 e. The van der Waals surface area contributed by atoms with Crippen molar-refractivity contribution < 1.29 is 9.90 Å². The summed E-state index contributed by atoms with van der Waals surface area (Å²) in [6.07, 6.45) is 2.74. The lowest BCUT2D eigenvalue weighted by molar-refractivity contribution is 0.0448. The molecule has 1 saturated heterocycles. The maximum absolute atomic E-state index is 13.1. The number of piperidine rings is 1. The number of nitrogens with zero attached hydrogens (tertiary/aromatic N) is 2. The van der Waals surface area contributed by atoms with E-state index in [1.165, 1.54) is 0 Å². The van der Waals surface area contributed by atoms with Gasteiger partial charge in [-0.25, -0.2) is 0 Å². The molecular weight excluding hydrogens is 344 g/mol. The standard InChI is InChI=1S/C21H22N2O2S/c1-14-19(16-6-2-3-8-18(16)26-14)21(25)23-12-9-15(10-13-23)20(24)17-7-4-5-11-22-17/h2-8,11,15,20,24H,9-10,12-13H2,1H3. The molecule has 5 heteroatoms. The summed E-state index contributed by atoms with van der Waals surface area (Å²) in [6, 6.07) is 13.7. The second kappa shape index (κ2) is 7.17. The summed E-state index contributed by atoms with van der Waals surface area (Å²) in [6.45, 7) is 3.38. The Hall–Kier alpha value is -2.24. The van der Waals surface area contributed by atoms with Gasteiger partial charge in [-0.2, -0.15) is 0 Å². The molecule has 1 aliphatic rings. The number of benzene rings is 1. The fourth-order valence-corrected chi connectivity index (χ4v) is 4.86. The van der Waals surface area contributed by atoms with Crippen LogP contribution in [0, 0.1) is 12.8 Å². The van der Waals surface area contributed by atoms with Crippen molar-refractivity contribution in [2.24, 2.45) is 5.92 Å². The van der Waals surface area contributed by atoms with Gasteiger partial charge in [0.1, 0.15) is 0 Å². The molecule has 0 aliphatic carbocycles. The molecular formula is C21H22N2O2S. The number of hydrogen-bond donors (Lipinski definition) is 1. The topological polar surface area (TPSA) is 53.4 Å². The van der Waals surface area contributed by atoms with E-state index in [2.05, 4.69) is 11.1 Å². The molecule has 0 saturated carbocycles. The van der Waals surface area contributed by atoms with Crippen LogP contribution in [0.1, 0.15) is 39.9 Å². The van der Waals surface area contributed by atoms with Gasteiger partial charge in [-0.3, -0.25) is 9.78 Å². The Morgan fingerprint density at radius 1 is 1.19 bits per heavy atom. The fraction of sp³-hybridized carbons (Fsp3) is 0.333. The lowest BCUT2D eigenvalue weighted by Gasteiger charge is -2.34. The van der Waals surface area contributed by atoms with Crippen LogP contribution in [0.15, 0.2) is 48.7 Å². The molecule has 1 aromatic carbocycles. The first-order chi connectivity index (χ1) is 12.6. The Balaban J connectivity index is 1.48. The highest BCUT2D eigenvalue weighted by molar-refractivity contribution is 7.19. The van der Waals surface area contributed by atoms with Gasteiger partial charge in [0.25, 0.3) is 5.91 Å². The average Bonchev–Trinajstić information content (AvgIpc) is 3.03. The van der Waals surface area contributed by atoms with Crippen molar-refractivity contribution in [1.82, 2.24) is 9.88 Å². The van der Waals surface area contributed by atoms with Crippen LogP contribution in [-0.2, 0) is 0 Å². The number of rotatable bonds is 3. The second-order valence-electron chi connectivity index (χ2n) is 6.86. The first-order valence-corrected chi connectivity index (χ1v) is 9.83. The van der Waals surface area contributed by atoms with E-state index in [1.807, 2.05) is 48.2 Å². The van der Waals surface area contributed by atoms with E-state index >= 15 is 0 Å². The van der Waals surface area contributed by atoms with Crippen LogP contribution < -0.4 is 0 Å². The molecule has 2 aromatic heterocycles. The zero-order valence-corrected chi connectivity index (χ0v) is 15.6. The summed E-state index contributed by atoms with van der Waals surface area (Å²) < 4.78 is 1.16. The Kier molecular flexibility index (Phi) is 4.74. The summed E-state index contributed by atoms with van der Waals surface area (Å²) in [5, 5.41) is 11.6. The van der Waals surface area contributed by atoms with Crippen molar-refractivity contribution >= 4 is 27.3 Å². The second-order valence-corrected chi connectivity index (χ2v) is 8.11. The van der Waals surface area contributed by atoms with Crippen molar-refractivity contribution in [3.63, 3.8) is 0 Å². The number of aryl methyl sites for hydroxylation is 1. The molecule has 4 rings (SSSR count). The predicted octanol–water partition coefficient (Wildman–Crippen LogP) is 4.19. The molecule has 1 amide bonds. The van der Waals surface area contributed by atoms with Crippen LogP contribution in [0.2, 0.25) is 0 Å². The van der Waals surface area contributed by atoms with E-state index in [9.17, 15) is 9.90 Å². The number of carbonyl (C=O) groups is 1. The van der Waals surface area contributed by atoms with E-state index in [0.29, 0.717) is 13.1 Å². The maximum atomic E-state index is 13.1. The summed E-state index contributed by atoms with van der Waals surface area (Å²) in [5.74, 6) is 0.264. The summed E-state index contributed by atoms with van der Waals surface area (Å²) >= 11 is 1.68. The van der Waals surface area contributed by atoms with Crippen LogP contribution in [0.3, 0.4) is 0 Å². The van der Waals surface area contributed by atoms with Gasteiger partial charge < -0.3 is 10.0 Å². The summed E-state index contributed by atoms with van der Waals surface area (Å²) in [4.78, 5) is 20.4. The number of likely N-dealkylation sites (tertiary alicyclic amines) is 1. The zero-order chi connectivity index (χ0) is 18.1. The number of thiophene rings is 1. The minimum atomic E-state index is -0.558. The Bertz CT molecular complexity index is 914. The van der Waals surface area contributed by atoms with Gasteiger partial charge in [-0.15, -0.1) is 11.3 Å². The summed E-state index contributed by atoms with van der Waals surface area (Å²) in [5.41, 5.74) is 1.56. The van der Waals surface area contributed by atoms with Gasteiger partial charge in [0.05, 0.1) is 17.4 Å². The largest absolute Gasteiger partial charge is 0.387 e. The lowest BCUT2D eigenvalue weighted by Crippen LogP contribution is -2.40. The van der Waals surface area contributed by atoms with Gasteiger partial charge in [0.2, 0.25) is 0 Å². The van der Waals surface area contributed by atoms with Crippen molar-refractivity contribution in [2.45, 2.75) is 25.9 Å². The van der Waals surface area contributed by atoms with Crippen LogP contribution in [0.5, 0.6) is 0 Å². The van der Waals surface area contributed by atoms with Crippen molar-refractivity contribution in [1.29, 1.82) is 0 Å². The van der Waals surface area contributed by atoms with E-state index in [-0.39, 0.29) is 11.8 Å². The van der Waals surface area contributed by atoms with E-state index < -0.39 is 6.10 Å². The van der Waals surface area contributed by atoms with Gasteiger partial charge in [-0.05, 0) is 43.9 Å². The third-order valence-corrected chi connectivity index (χ3v) is 6.34. The summed E-state index contributed by atoms with van der Waals surface area (Å²) in [7, 11) is 0. The van der Waals surface area contributed by atoms with Crippen LogP contribution in [-0.4, -0.2) is 34.0 Å². The molecule has 3 heterocycles. The van der Waals surface area contributed by atoms with E-state index in [1.54, 1.807) is 17.5 Å². The van der Waals surface area contributed by atoms with E-state index in [0.717, 1.165) is 39.1 Å². The van der Waals surface area contributed by atoms with Gasteiger partial charge in [0, 0.05) is 34.2 Å². The molecule has 26 heavy (non-hydrogen) atoms. The molecule has 0 radical (unpaired) electrons. The SMILES string of the molecule is Cc1sc2ccccc2c1C(=O)N1CCC(C(O)c2ccccn2)CC1. The number of hydrogen-bond acceptors (Lipinski definition) is 4. The normalized spacial score (nSPS) is 16.8. The van der Waals surface area contributed by atoms with E-state index in [4.69, 9.17) is 0 Å². The van der Waals surface area contributed by atoms with Crippen molar-refractivity contribution in [3.8, 4) is 0 Å². The number of pyridine rings is 1. The number of aliphatic hydroxyl groups excluding tert-OH is 1. The maximum Gasteiger partial charge on any atom is 0.255 e. The monoisotopic (exact) mass is 366 g/mol. The zero-order valence-electron chi connectivity index (χ0n) is 14.8. The molecule has 4 nitrogen and oxygen atoms in total. The first-order valence-electron chi connectivity index (χ1n) is 9.01. The van der Waals surface area contributed by atoms with Crippen LogP contribution in [0.25, 0.3) is 10.1 Å². The Labute approximate surface area is 157 Å². The Morgan fingerprint density at radius 3 is 2.65 bits per heavy atom. The van der Waals surface area contributed by atoms with Crippen molar-refractivity contribution in [2.75, 3.05) is 13.1 Å². The molecule has 134 valence electrons. The quantitative estimate of drug-likeness (QED) is 0.756. The van der Waals surface area contributed by atoms with Gasteiger partial charge >= 0.3 is 0 Å². The highest BCUT2D eigenvalue weighted by atomic mass is 32.1. The highest BCUT2D eigenvalue weighted by Crippen LogP contribution is 2.34. The third kappa shape index (κ3) is 3.13. The molecule has 1 atom stereocenters. The number of aromatic nitrogens is 1. The molecule has 1 fully saturated rings. The van der Waals surface area contributed by atoms with Crippen molar-refractivity contribution in [3.05, 3.63) is 64.8 Å². The average molecular weight is 366 g/mol. The number of carbonyl (C=O) groups excluding carboxylic acids is 1. The van der Waals surface area contributed by atoms with Gasteiger partial charge in [0.15, 0.2) is 0 Å². The predicted molar refractivity (Wildman–Crippen MR) is 104 cm³/mol. The molecule has 1 unspecified atom stereocenters.